The van der Waals surface area contributed by atoms with Crippen LogP contribution in [0.5, 0.6) is 0 Å². The van der Waals surface area contributed by atoms with Crippen molar-refractivity contribution in [2.75, 3.05) is 12.4 Å². The van der Waals surface area contributed by atoms with Gasteiger partial charge < -0.3 is 5.32 Å². The monoisotopic (exact) mass is 319 g/mol. The van der Waals surface area contributed by atoms with Gasteiger partial charge in [0.25, 0.3) is 5.91 Å². The summed E-state index contributed by atoms with van der Waals surface area (Å²) in [7, 11) is 1.75. The van der Waals surface area contributed by atoms with E-state index in [9.17, 15) is 19.2 Å². The van der Waals surface area contributed by atoms with Gasteiger partial charge in [0.2, 0.25) is 18.7 Å². The Hall–Kier alpha value is -2.70. The standard InChI is InChI=1S/C16H21N3O4/c1-11(7-8-15(22)18-9-20)19(10-21)16(23)13-5-4-6-14(17-3)12(13)2/h4-6,9-11,17H,7-8H2,1-3H3,(H,18,20,22). The van der Waals surface area contributed by atoms with Crippen LogP contribution in [0.2, 0.25) is 0 Å². The number of benzene rings is 1. The fraction of sp³-hybridized carbons (Fsp3) is 0.375. The summed E-state index contributed by atoms with van der Waals surface area (Å²) in [5, 5.41) is 5.01. The lowest BCUT2D eigenvalue weighted by Crippen LogP contribution is -2.38. The quantitative estimate of drug-likeness (QED) is 0.699. The first kappa shape index (κ1) is 18.3. The Labute approximate surface area is 135 Å². The van der Waals surface area contributed by atoms with Gasteiger partial charge in [0.05, 0.1) is 0 Å². The minimum Gasteiger partial charge on any atom is -0.388 e. The van der Waals surface area contributed by atoms with Crippen molar-refractivity contribution >= 4 is 30.3 Å². The maximum absolute atomic E-state index is 12.6. The van der Waals surface area contributed by atoms with Gasteiger partial charge in [-0.15, -0.1) is 0 Å². The number of amides is 4. The van der Waals surface area contributed by atoms with Crippen LogP contribution in [0.3, 0.4) is 0 Å². The van der Waals surface area contributed by atoms with Gasteiger partial charge in [0.1, 0.15) is 0 Å². The number of nitrogens with one attached hydrogen (secondary N) is 2. The molecule has 0 aromatic heterocycles. The van der Waals surface area contributed by atoms with Gasteiger partial charge in [-0.3, -0.25) is 29.4 Å². The van der Waals surface area contributed by atoms with Crippen molar-refractivity contribution in [2.45, 2.75) is 32.7 Å². The van der Waals surface area contributed by atoms with Crippen LogP contribution >= 0.6 is 0 Å². The molecule has 0 aliphatic rings. The maximum Gasteiger partial charge on any atom is 0.260 e. The van der Waals surface area contributed by atoms with Crippen LogP contribution in [0, 0.1) is 6.92 Å². The minimum atomic E-state index is -0.463. The lowest BCUT2D eigenvalue weighted by molar-refractivity contribution is -0.126. The van der Waals surface area contributed by atoms with E-state index >= 15 is 0 Å². The Kier molecular flexibility index (Phi) is 6.92. The van der Waals surface area contributed by atoms with Gasteiger partial charge in [-0.2, -0.15) is 0 Å². The third-order valence-corrected chi connectivity index (χ3v) is 3.67. The molecule has 0 saturated heterocycles. The Morgan fingerprint density at radius 3 is 2.57 bits per heavy atom. The average Bonchev–Trinajstić information content (AvgIpc) is 2.54. The average molecular weight is 319 g/mol. The van der Waals surface area contributed by atoms with E-state index in [4.69, 9.17) is 0 Å². The van der Waals surface area contributed by atoms with Gasteiger partial charge >= 0.3 is 0 Å². The van der Waals surface area contributed by atoms with E-state index in [2.05, 4.69) is 5.32 Å². The molecular weight excluding hydrogens is 298 g/mol. The van der Waals surface area contributed by atoms with Crippen molar-refractivity contribution in [3.05, 3.63) is 29.3 Å². The van der Waals surface area contributed by atoms with Crippen LogP contribution in [0.15, 0.2) is 18.2 Å². The molecule has 7 nitrogen and oxygen atoms in total. The normalized spacial score (nSPS) is 11.3. The molecule has 1 unspecified atom stereocenters. The summed E-state index contributed by atoms with van der Waals surface area (Å²) in [6, 6.07) is 4.76. The third kappa shape index (κ3) is 4.64. The van der Waals surface area contributed by atoms with Crippen molar-refractivity contribution in [3.8, 4) is 0 Å². The summed E-state index contributed by atoms with van der Waals surface area (Å²) in [4.78, 5) is 46.5. The molecule has 0 fully saturated rings. The van der Waals surface area contributed by atoms with E-state index in [1.165, 1.54) is 0 Å². The Balaban J connectivity index is 2.88. The molecule has 4 amide bonds. The van der Waals surface area contributed by atoms with Crippen molar-refractivity contribution in [1.29, 1.82) is 0 Å². The van der Waals surface area contributed by atoms with Crippen LogP contribution in [0.25, 0.3) is 0 Å². The Morgan fingerprint density at radius 1 is 1.30 bits per heavy atom. The molecule has 0 radical (unpaired) electrons. The molecule has 1 atom stereocenters. The largest absolute Gasteiger partial charge is 0.388 e. The zero-order valence-electron chi connectivity index (χ0n) is 13.5. The van der Waals surface area contributed by atoms with Gasteiger partial charge in [-0.1, -0.05) is 6.07 Å². The van der Waals surface area contributed by atoms with E-state index in [0.29, 0.717) is 18.4 Å². The van der Waals surface area contributed by atoms with Crippen molar-refractivity contribution in [1.82, 2.24) is 10.2 Å². The van der Waals surface area contributed by atoms with Gasteiger partial charge in [0, 0.05) is 30.8 Å². The number of hydrogen-bond acceptors (Lipinski definition) is 5. The summed E-state index contributed by atoms with van der Waals surface area (Å²) in [5.41, 5.74) is 1.98. The second kappa shape index (κ2) is 8.67. The highest BCUT2D eigenvalue weighted by molar-refractivity contribution is 6.02. The maximum atomic E-state index is 12.6. The van der Waals surface area contributed by atoms with Crippen molar-refractivity contribution < 1.29 is 19.2 Å². The fourth-order valence-electron chi connectivity index (χ4n) is 2.25. The molecule has 0 saturated carbocycles. The molecule has 1 rings (SSSR count). The number of imide groups is 2. The smallest absolute Gasteiger partial charge is 0.260 e. The Bertz CT molecular complexity index is 601. The summed E-state index contributed by atoms with van der Waals surface area (Å²) < 4.78 is 0. The number of nitrogens with zero attached hydrogens (tertiary/aromatic N) is 1. The molecule has 7 heteroatoms. The summed E-state index contributed by atoms with van der Waals surface area (Å²) >= 11 is 0. The SMILES string of the molecule is CNc1cccc(C(=O)N(C=O)C(C)CCC(=O)NC=O)c1C. The van der Waals surface area contributed by atoms with Crippen LogP contribution in [-0.4, -0.2) is 42.6 Å². The molecule has 23 heavy (non-hydrogen) atoms. The molecule has 0 aliphatic carbocycles. The first-order valence-corrected chi connectivity index (χ1v) is 7.24. The number of hydrogen-bond donors (Lipinski definition) is 2. The number of carbonyl (C=O) groups is 4. The number of rotatable bonds is 8. The van der Waals surface area contributed by atoms with Gasteiger partial charge in [-0.05, 0) is 38.0 Å². The molecule has 1 aromatic carbocycles. The topological polar surface area (TPSA) is 95.6 Å². The molecule has 124 valence electrons. The van der Waals surface area contributed by atoms with Crippen LogP contribution in [0.1, 0.15) is 35.7 Å². The second-order valence-corrected chi connectivity index (χ2v) is 5.12. The van der Waals surface area contributed by atoms with Crippen LogP contribution in [-0.2, 0) is 14.4 Å². The molecule has 0 aliphatic heterocycles. The molecule has 1 aromatic rings. The fourth-order valence-corrected chi connectivity index (χ4v) is 2.25. The molecule has 0 heterocycles. The molecule has 0 spiro atoms. The van der Waals surface area contributed by atoms with Crippen LogP contribution < -0.4 is 10.6 Å². The first-order chi connectivity index (χ1) is 11.0. The number of anilines is 1. The van der Waals surface area contributed by atoms with E-state index in [1.807, 2.05) is 11.4 Å². The highest BCUT2D eigenvalue weighted by Crippen LogP contribution is 2.21. The summed E-state index contributed by atoms with van der Waals surface area (Å²) in [6.45, 7) is 3.47. The van der Waals surface area contributed by atoms with Crippen molar-refractivity contribution in [2.24, 2.45) is 0 Å². The minimum absolute atomic E-state index is 0.0487. The van der Waals surface area contributed by atoms with Crippen molar-refractivity contribution in [3.63, 3.8) is 0 Å². The molecular formula is C16H21N3O4. The zero-order valence-corrected chi connectivity index (χ0v) is 13.5. The first-order valence-electron chi connectivity index (χ1n) is 7.24. The highest BCUT2D eigenvalue weighted by atomic mass is 16.2. The van der Waals surface area contributed by atoms with Crippen LogP contribution in [0.4, 0.5) is 5.69 Å². The Morgan fingerprint density at radius 2 is 2.00 bits per heavy atom. The van der Waals surface area contributed by atoms with E-state index in [0.717, 1.165) is 16.2 Å². The highest BCUT2D eigenvalue weighted by Gasteiger charge is 2.23. The molecule has 2 N–H and O–H groups in total. The van der Waals surface area contributed by atoms with E-state index < -0.39 is 17.9 Å². The summed E-state index contributed by atoms with van der Waals surface area (Å²) in [5.74, 6) is -0.864. The second-order valence-electron chi connectivity index (χ2n) is 5.12. The summed E-state index contributed by atoms with van der Waals surface area (Å²) in [6.07, 6.45) is 1.10. The number of carbonyl (C=O) groups excluding carboxylic acids is 4. The van der Waals surface area contributed by atoms with E-state index in [1.54, 1.807) is 33.0 Å². The zero-order chi connectivity index (χ0) is 17.4. The van der Waals surface area contributed by atoms with Gasteiger partial charge in [-0.25, -0.2) is 0 Å². The van der Waals surface area contributed by atoms with Gasteiger partial charge in [0.15, 0.2) is 0 Å². The third-order valence-electron chi connectivity index (χ3n) is 3.67. The lowest BCUT2D eigenvalue weighted by atomic mass is 10.0. The predicted molar refractivity (Wildman–Crippen MR) is 85.9 cm³/mol. The van der Waals surface area contributed by atoms with E-state index in [-0.39, 0.29) is 12.8 Å². The predicted octanol–water partition coefficient (Wildman–Crippen LogP) is 1.08. The lowest BCUT2D eigenvalue weighted by Gasteiger charge is -2.24. The molecule has 0 bridgehead atoms.